The fourth-order valence-electron chi connectivity index (χ4n) is 1.11. The Bertz CT molecular complexity index is 236. The van der Waals surface area contributed by atoms with Crippen LogP contribution >= 0.6 is 0 Å². The van der Waals surface area contributed by atoms with Gasteiger partial charge in [0.15, 0.2) is 0 Å². The molecule has 0 N–H and O–H groups in total. The Morgan fingerprint density at radius 1 is 1.18 bits per heavy atom. The van der Waals surface area contributed by atoms with E-state index in [2.05, 4.69) is 0 Å². The fourth-order valence-corrected chi connectivity index (χ4v) is 1.11. The lowest BCUT2D eigenvalue weighted by Crippen LogP contribution is -2.18. The van der Waals surface area contributed by atoms with Gasteiger partial charge in [0.05, 0.1) is 18.6 Å². The standard InChI is InChI=1S/C13H23O4/c1-5-6-9-16-12(14)8-7-11(4)13(15)17-10(2)3/h10H,5-9H2,1-4H3. The highest BCUT2D eigenvalue weighted by Gasteiger charge is 2.18. The molecule has 0 aliphatic rings. The van der Waals surface area contributed by atoms with E-state index < -0.39 is 0 Å². The van der Waals surface area contributed by atoms with Gasteiger partial charge in [-0.2, -0.15) is 0 Å². The molecule has 0 bridgehead atoms. The molecule has 17 heavy (non-hydrogen) atoms. The quantitative estimate of drug-likeness (QED) is 0.486. The highest BCUT2D eigenvalue weighted by atomic mass is 16.5. The lowest BCUT2D eigenvalue weighted by molar-refractivity contribution is -0.145. The van der Waals surface area contributed by atoms with Crippen molar-refractivity contribution in [3.8, 4) is 0 Å². The average Bonchev–Trinajstić information content (AvgIpc) is 2.25. The van der Waals surface area contributed by atoms with Gasteiger partial charge in [0.1, 0.15) is 0 Å². The van der Waals surface area contributed by atoms with E-state index in [4.69, 9.17) is 9.47 Å². The van der Waals surface area contributed by atoms with E-state index in [0.29, 0.717) is 18.9 Å². The first kappa shape index (κ1) is 15.9. The summed E-state index contributed by atoms with van der Waals surface area (Å²) in [6, 6.07) is 0. The van der Waals surface area contributed by atoms with Gasteiger partial charge in [0.2, 0.25) is 0 Å². The van der Waals surface area contributed by atoms with Gasteiger partial charge >= 0.3 is 11.9 Å². The van der Waals surface area contributed by atoms with Crippen LogP contribution in [0.5, 0.6) is 0 Å². The SMILES string of the molecule is CCCCOC(=O)CC[C](C)C(=O)OC(C)C. The topological polar surface area (TPSA) is 52.6 Å². The van der Waals surface area contributed by atoms with E-state index in [0.717, 1.165) is 12.8 Å². The number of hydrogen-bond donors (Lipinski definition) is 0. The van der Waals surface area contributed by atoms with Crippen molar-refractivity contribution in [1.82, 2.24) is 0 Å². The van der Waals surface area contributed by atoms with Crippen LogP contribution in [0.2, 0.25) is 0 Å². The highest BCUT2D eigenvalue weighted by molar-refractivity contribution is 5.85. The molecule has 0 saturated carbocycles. The fraction of sp³-hybridized carbons (Fsp3) is 0.769. The molecule has 0 fully saturated rings. The van der Waals surface area contributed by atoms with Crippen LogP contribution in [-0.2, 0) is 19.1 Å². The van der Waals surface area contributed by atoms with Gasteiger partial charge in [-0.25, -0.2) is 0 Å². The maximum atomic E-state index is 11.4. The van der Waals surface area contributed by atoms with Crippen LogP contribution in [-0.4, -0.2) is 24.6 Å². The molecular weight excluding hydrogens is 220 g/mol. The van der Waals surface area contributed by atoms with E-state index in [1.54, 1.807) is 20.8 Å². The molecule has 4 heteroatoms. The predicted molar refractivity (Wildman–Crippen MR) is 65.2 cm³/mol. The minimum Gasteiger partial charge on any atom is -0.466 e. The number of carbonyl (C=O) groups excluding carboxylic acids is 2. The minimum atomic E-state index is -0.332. The molecule has 0 aliphatic heterocycles. The van der Waals surface area contributed by atoms with Gasteiger partial charge in [-0.1, -0.05) is 13.3 Å². The predicted octanol–water partition coefficient (Wildman–Crippen LogP) is 2.66. The Morgan fingerprint density at radius 3 is 2.35 bits per heavy atom. The Hall–Kier alpha value is -1.06. The van der Waals surface area contributed by atoms with E-state index in [-0.39, 0.29) is 24.5 Å². The number of ether oxygens (including phenoxy) is 2. The van der Waals surface area contributed by atoms with Crippen LogP contribution < -0.4 is 0 Å². The lowest BCUT2D eigenvalue weighted by atomic mass is 10.1. The molecule has 0 amide bonds. The van der Waals surface area contributed by atoms with Gasteiger partial charge in [-0.3, -0.25) is 9.59 Å². The second-order valence-electron chi connectivity index (χ2n) is 4.31. The molecule has 0 heterocycles. The van der Waals surface area contributed by atoms with Crippen molar-refractivity contribution >= 4 is 11.9 Å². The van der Waals surface area contributed by atoms with Crippen LogP contribution in [0.15, 0.2) is 0 Å². The highest BCUT2D eigenvalue weighted by Crippen LogP contribution is 2.12. The molecule has 0 saturated heterocycles. The van der Waals surface area contributed by atoms with Gasteiger partial charge < -0.3 is 9.47 Å². The van der Waals surface area contributed by atoms with Gasteiger partial charge in [0, 0.05) is 6.42 Å². The Labute approximate surface area is 104 Å². The zero-order valence-corrected chi connectivity index (χ0v) is 11.2. The summed E-state index contributed by atoms with van der Waals surface area (Å²) in [6.45, 7) is 7.77. The Kier molecular flexibility index (Phi) is 8.46. The van der Waals surface area contributed by atoms with Crippen molar-refractivity contribution in [2.24, 2.45) is 0 Å². The van der Waals surface area contributed by atoms with Crippen molar-refractivity contribution in [1.29, 1.82) is 0 Å². The number of esters is 2. The van der Waals surface area contributed by atoms with Crippen LogP contribution in [0.4, 0.5) is 0 Å². The van der Waals surface area contributed by atoms with Crippen LogP contribution in [0.3, 0.4) is 0 Å². The first-order valence-electron chi connectivity index (χ1n) is 6.16. The summed E-state index contributed by atoms with van der Waals surface area (Å²) in [6.07, 6.45) is 2.39. The first-order valence-corrected chi connectivity index (χ1v) is 6.16. The summed E-state index contributed by atoms with van der Waals surface area (Å²) in [5, 5.41) is 0. The minimum absolute atomic E-state index is 0.131. The largest absolute Gasteiger partial charge is 0.466 e. The third-order valence-corrected chi connectivity index (χ3v) is 2.16. The van der Waals surface area contributed by atoms with Crippen molar-refractivity contribution in [3.05, 3.63) is 5.92 Å². The van der Waals surface area contributed by atoms with Gasteiger partial charge in [0.25, 0.3) is 0 Å². The normalized spacial score (nSPS) is 10.7. The maximum Gasteiger partial charge on any atom is 0.313 e. The number of rotatable bonds is 8. The Morgan fingerprint density at radius 2 is 1.82 bits per heavy atom. The monoisotopic (exact) mass is 243 g/mol. The van der Waals surface area contributed by atoms with E-state index in [1.165, 1.54) is 0 Å². The van der Waals surface area contributed by atoms with Crippen molar-refractivity contribution in [3.63, 3.8) is 0 Å². The zero-order chi connectivity index (χ0) is 13.3. The van der Waals surface area contributed by atoms with E-state index >= 15 is 0 Å². The summed E-state index contributed by atoms with van der Waals surface area (Å²) in [5.74, 6) is -0.0253. The molecule has 0 aromatic carbocycles. The molecule has 0 spiro atoms. The second kappa shape index (κ2) is 9.02. The number of carbonyl (C=O) groups is 2. The summed E-state index contributed by atoms with van der Waals surface area (Å²) in [4.78, 5) is 22.7. The van der Waals surface area contributed by atoms with Gasteiger partial charge in [-0.05, 0) is 33.6 Å². The van der Waals surface area contributed by atoms with Crippen LogP contribution in [0.1, 0.15) is 53.4 Å². The molecule has 0 unspecified atom stereocenters. The second-order valence-corrected chi connectivity index (χ2v) is 4.31. The maximum absolute atomic E-state index is 11.4. The van der Waals surface area contributed by atoms with Crippen molar-refractivity contribution < 1.29 is 19.1 Å². The number of hydrogen-bond acceptors (Lipinski definition) is 4. The molecular formula is C13H23O4. The van der Waals surface area contributed by atoms with E-state index in [1.807, 2.05) is 6.92 Å². The third-order valence-electron chi connectivity index (χ3n) is 2.16. The third kappa shape index (κ3) is 8.72. The summed E-state index contributed by atoms with van der Waals surface area (Å²) in [5.41, 5.74) is 0. The zero-order valence-electron chi connectivity index (χ0n) is 11.2. The first-order chi connectivity index (χ1) is 7.97. The lowest BCUT2D eigenvalue weighted by Gasteiger charge is -2.12. The smallest absolute Gasteiger partial charge is 0.313 e. The summed E-state index contributed by atoms with van der Waals surface area (Å²) < 4.78 is 10.0. The molecule has 0 rings (SSSR count). The van der Waals surface area contributed by atoms with Crippen molar-refractivity contribution in [2.45, 2.75) is 59.5 Å². The molecule has 0 aromatic heterocycles. The Balaban J connectivity index is 3.71. The van der Waals surface area contributed by atoms with Gasteiger partial charge in [-0.15, -0.1) is 0 Å². The van der Waals surface area contributed by atoms with Crippen LogP contribution in [0.25, 0.3) is 0 Å². The molecule has 0 aliphatic carbocycles. The molecule has 0 aromatic rings. The molecule has 4 nitrogen and oxygen atoms in total. The number of unbranched alkanes of at least 4 members (excludes halogenated alkanes) is 1. The van der Waals surface area contributed by atoms with Crippen LogP contribution in [0, 0.1) is 5.92 Å². The molecule has 0 atom stereocenters. The molecule has 99 valence electrons. The summed E-state index contributed by atoms with van der Waals surface area (Å²) >= 11 is 0. The van der Waals surface area contributed by atoms with Crippen molar-refractivity contribution in [2.75, 3.05) is 6.61 Å². The summed E-state index contributed by atoms with van der Waals surface area (Å²) in [7, 11) is 0. The molecule has 1 radical (unpaired) electrons. The average molecular weight is 243 g/mol. The van der Waals surface area contributed by atoms with E-state index in [9.17, 15) is 9.59 Å².